The van der Waals surface area contributed by atoms with Gasteiger partial charge in [-0.15, -0.1) is 10.2 Å². The molecule has 0 atom stereocenters. The van der Waals surface area contributed by atoms with Gasteiger partial charge in [0.2, 0.25) is 0 Å². The fraction of sp³-hybridized carbons (Fsp3) is 0.375. The zero-order valence-electron chi connectivity index (χ0n) is 8.25. The van der Waals surface area contributed by atoms with Crippen LogP contribution < -0.4 is 0 Å². The van der Waals surface area contributed by atoms with Crippen LogP contribution in [-0.2, 0) is 0 Å². The van der Waals surface area contributed by atoms with Gasteiger partial charge in [-0.3, -0.25) is 0 Å². The molecule has 14 heavy (non-hydrogen) atoms. The summed E-state index contributed by atoms with van der Waals surface area (Å²) in [6.07, 6.45) is 3.85. The van der Waals surface area contributed by atoms with E-state index in [0.29, 0.717) is 5.84 Å². The Labute approximate surface area is 82.0 Å². The van der Waals surface area contributed by atoms with Crippen LogP contribution in [0.2, 0.25) is 0 Å². The molecule has 0 aromatic carbocycles. The molecule has 0 saturated carbocycles. The molecule has 6 nitrogen and oxygen atoms in total. The van der Waals surface area contributed by atoms with Crippen molar-refractivity contribution in [3.63, 3.8) is 0 Å². The zero-order valence-corrected chi connectivity index (χ0v) is 8.25. The van der Waals surface area contributed by atoms with Gasteiger partial charge in [0.25, 0.3) is 0 Å². The molecule has 6 heteroatoms. The summed E-state index contributed by atoms with van der Waals surface area (Å²) >= 11 is 0. The Balaban J connectivity index is 2.88. The monoisotopic (exact) mass is 192 g/mol. The number of hydrogen-bond donors (Lipinski definition) is 0. The Kier molecular flexibility index (Phi) is 3.66. The highest BCUT2D eigenvalue weighted by Gasteiger charge is 1.97. The summed E-state index contributed by atoms with van der Waals surface area (Å²) in [4.78, 5) is 0. The number of tetrazole rings is 1. The molecule has 0 amide bonds. The maximum Gasteiger partial charge on any atom is 0.178 e. The van der Waals surface area contributed by atoms with E-state index >= 15 is 0 Å². The average Bonchev–Trinajstić information content (AvgIpc) is 2.72. The van der Waals surface area contributed by atoms with Gasteiger partial charge < -0.3 is 0 Å². The van der Waals surface area contributed by atoms with E-state index in [1.807, 2.05) is 13.8 Å². The van der Waals surface area contributed by atoms with Crippen LogP contribution >= 0.6 is 0 Å². The highest BCUT2D eigenvalue weighted by atomic mass is 15.5. The van der Waals surface area contributed by atoms with Gasteiger partial charge in [0.1, 0.15) is 6.33 Å². The van der Waals surface area contributed by atoms with E-state index in [0.717, 1.165) is 12.1 Å². The normalized spacial score (nSPS) is 13.0. The summed E-state index contributed by atoms with van der Waals surface area (Å²) in [5.74, 6) is 0.503. The second-order valence-electron chi connectivity index (χ2n) is 2.61. The van der Waals surface area contributed by atoms with Crippen molar-refractivity contribution in [2.24, 2.45) is 10.2 Å². The zero-order chi connectivity index (χ0) is 10.4. The first-order chi connectivity index (χ1) is 6.77. The van der Waals surface area contributed by atoms with Gasteiger partial charge in [-0.25, -0.2) is 0 Å². The van der Waals surface area contributed by atoms with E-state index < -0.39 is 0 Å². The smallest absolute Gasteiger partial charge is 0.178 e. The molecule has 0 saturated heterocycles. The second-order valence-corrected chi connectivity index (χ2v) is 2.61. The van der Waals surface area contributed by atoms with E-state index in [2.05, 4.69) is 32.3 Å². The number of rotatable bonds is 3. The summed E-state index contributed by atoms with van der Waals surface area (Å²) in [6.45, 7) is 7.52. The first-order valence-electron chi connectivity index (χ1n) is 4.24. The molecular weight excluding hydrogens is 180 g/mol. The molecule has 0 fully saturated rings. The predicted molar refractivity (Wildman–Crippen MR) is 54.2 cm³/mol. The molecule has 0 N–H and O–H groups in total. The lowest BCUT2D eigenvalue weighted by Crippen LogP contribution is -2.09. The summed E-state index contributed by atoms with van der Waals surface area (Å²) in [5, 5.41) is 18.6. The third kappa shape index (κ3) is 2.58. The molecule has 1 aromatic heterocycles. The number of allylic oxidation sites excluding steroid dienone is 1. The Morgan fingerprint density at radius 1 is 1.57 bits per heavy atom. The third-order valence-corrected chi connectivity index (χ3v) is 1.60. The number of aromatic nitrogens is 4. The average molecular weight is 192 g/mol. The van der Waals surface area contributed by atoms with Crippen LogP contribution in [0.4, 0.5) is 0 Å². The lowest BCUT2D eigenvalue weighted by atomic mass is 10.3. The van der Waals surface area contributed by atoms with E-state index in [1.54, 1.807) is 6.08 Å². The molecule has 0 aliphatic carbocycles. The van der Waals surface area contributed by atoms with Gasteiger partial charge in [-0.1, -0.05) is 13.5 Å². The second kappa shape index (κ2) is 5.00. The fourth-order valence-electron chi connectivity index (χ4n) is 0.654. The lowest BCUT2D eigenvalue weighted by Gasteiger charge is -1.95. The van der Waals surface area contributed by atoms with Gasteiger partial charge in [-0.05, 0) is 29.8 Å². The van der Waals surface area contributed by atoms with Gasteiger partial charge in [0.15, 0.2) is 5.84 Å². The van der Waals surface area contributed by atoms with E-state index in [-0.39, 0.29) is 0 Å². The van der Waals surface area contributed by atoms with Gasteiger partial charge in [-0.2, -0.15) is 9.78 Å². The van der Waals surface area contributed by atoms with Crippen LogP contribution in [0.15, 0.2) is 29.2 Å². The van der Waals surface area contributed by atoms with Crippen molar-refractivity contribution in [3.05, 3.63) is 19.0 Å². The standard InChI is InChI=1S/C8H12N6/c1-4-7(3)10-11-8(5-2)14-6-9-12-13-14/h5-6H,2,4H2,1,3H3/b10-7+,11-8+. The maximum atomic E-state index is 3.99. The molecule has 0 aliphatic heterocycles. The Bertz CT molecular complexity index is 348. The molecule has 1 aromatic rings. The highest BCUT2D eigenvalue weighted by molar-refractivity contribution is 5.94. The summed E-state index contributed by atoms with van der Waals surface area (Å²) in [6, 6.07) is 0. The molecule has 0 spiro atoms. The molecule has 0 aliphatic rings. The van der Waals surface area contributed by atoms with Gasteiger partial charge >= 0.3 is 0 Å². The molecule has 0 radical (unpaired) electrons. The first kappa shape index (κ1) is 10.2. The van der Waals surface area contributed by atoms with Crippen molar-refractivity contribution in [2.75, 3.05) is 0 Å². The fourth-order valence-corrected chi connectivity index (χ4v) is 0.654. The molecule has 0 unspecified atom stereocenters. The quantitative estimate of drug-likeness (QED) is 0.405. The number of nitrogens with zero attached hydrogens (tertiary/aromatic N) is 6. The third-order valence-electron chi connectivity index (χ3n) is 1.60. The van der Waals surface area contributed by atoms with E-state index in [1.165, 1.54) is 11.0 Å². The summed E-state index contributed by atoms with van der Waals surface area (Å²) < 4.78 is 1.40. The molecule has 1 rings (SSSR count). The molecule has 0 bridgehead atoms. The van der Waals surface area contributed by atoms with Crippen molar-refractivity contribution < 1.29 is 0 Å². The first-order valence-corrected chi connectivity index (χ1v) is 4.24. The lowest BCUT2D eigenvalue weighted by molar-refractivity contribution is 0.817. The highest BCUT2D eigenvalue weighted by Crippen LogP contribution is 1.89. The summed E-state index contributed by atoms with van der Waals surface area (Å²) in [7, 11) is 0. The van der Waals surface area contributed by atoms with Gasteiger partial charge in [0.05, 0.1) is 0 Å². The van der Waals surface area contributed by atoms with Crippen LogP contribution in [0.1, 0.15) is 20.3 Å². The van der Waals surface area contributed by atoms with E-state index in [9.17, 15) is 0 Å². The van der Waals surface area contributed by atoms with Crippen molar-refractivity contribution in [1.82, 2.24) is 20.2 Å². The number of hydrogen-bond acceptors (Lipinski definition) is 5. The molecule has 74 valence electrons. The Hall–Kier alpha value is -1.85. The molecular formula is C8H12N6. The SMILES string of the molecule is C=C/C(=N\N=C(/C)CC)n1cnnn1. The van der Waals surface area contributed by atoms with Crippen molar-refractivity contribution >= 4 is 11.5 Å². The van der Waals surface area contributed by atoms with Crippen molar-refractivity contribution in [1.29, 1.82) is 0 Å². The Morgan fingerprint density at radius 2 is 2.36 bits per heavy atom. The predicted octanol–water partition coefficient (Wildman–Crippen LogP) is 0.892. The van der Waals surface area contributed by atoms with Gasteiger partial charge in [0, 0.05) is 5.71 Å². The van der Waals surface area contributed by atoms with Crippen LogP contribution in [0.5, 0.6) is 0 Å². The van der Waals surface area contributed by atoms with Crippen LogP contribution in [0, 0.1) is 0 Å². The summed E-state index contributed by atoms with van der Waals surface area (Å²) in [5.41, 5.74) is 0.942. The topological polar surface area (TPSA) is 68.3 Å². The Morgan fingerprint density at radius 3 is 2.86 bits per heavy atom. The van der Waals surface area contributed by atoms with Crippen molar-refractivity contribution in [3.8, 4) is 0 Å². The molecule has 1 heterocycles. The minimum Gasteiger partial charge on any atom is -0.180 e. The van der Waals surface area contributed by atoms with Crippen molar-refractivity contribution in [2.45, 2.75) is 20.3 Å². The minimum absolute atomic E-state index is 0.503. The largest absolute Gasteiger partial charge is 0.180 e. The van der Waals surface area contributed by atoms with E-state index in [4.69, 9.17) is 0 Å². The maximum absolute atomic E-state index is 3.99. The minimum atomic E-state index is 0.503. The van der Waals surface area contributed by atoms with Crippen LogP contribution in [0.25, 0.3) is 0 Å². The van der Waals surface area contributed by atoms with Crippen LogP contribution in [0.3, 0.4) is 0 Å². The van der Waals surface area contributed by atoms with Crippen LogP contribution in [-0.4, -0.2) is 31.8 Å².